The maximum atomic E-state index is 12.0. The fourth-order valence-corrected chi connectivity index (χ4v) is 1.78. The van der Waals surface area contributed by atoms with Crippen molar-refractivity contribution in [1.29, 1.82) is 0 Å². The van der Waals surface area contributed by atoms with Crippen LogP contribution in [0.5, 0.6) is 0 Å². The van der Waals surface area contributed by atoms with Crippen LogP contribution in [-0.2, 0) is 9.53 Å². The average molecular weight is 239 g/mol. The van der Waals surface area contributed by atoms with Gasteiger partial charge in [-0.05, 0) is 26.7 Å². The van der Waals surface area contributed by atoms with Crippen LogP contribution in [0.4, 0.5) is 0 Å². The summed E-state index contributed by atoms with van der Waals surface area (Å²) in [6, 6.07) is 0.232. The van der Waals surface area contributed by atoms with Crippen LogP contribution in [0.3, 0.4) is 0 Å². The summed E-state index contributed by atoms with van der Waals surface area (Å²) in [5, 5.41) is 7.97. The van der Waals surface area contributed by atoms with Crippen LogP contribution < -0.4 is 0 Å². The van der Waals surface area contributed by atoms with Gasteiger partial charge in [0, 0.05) is 6.04 Å². The predicted octanol–water partition coefficient (Wildman–Crippen LogP) is 2.16. The van der Waals surface area contributed by atoms with Crippen molar-refractivity contribution >= 4 is 5.97 Å². The SMILES string of the molecule is CCOC(=O)C(c1nncn1C(C)C)C(C)C. The second-order valence-electron chi connectivity index (χ2n) is 4.66. The Labute approximate surface area is 102 Å². The third-order valence-electron chi connectivity index (χ3n) is 2.64. The molecule has 0 aliphatic rings. The highest BCUT2D eigenvalue weighted by Gasteiger charge is 2.30. The summed E-state index contributed by atoms with van der Waals surface area (Å²) in [6.45, 7) is 10.2. The number of ether oxygens (including phenoxy) is 1. The van der Waals surface area contributed by atoms with Gasteiger partial charge in [-0.2, -0.15) is 0 Å². The smallest absolute Gasteiger partial charge is 0.316 e. The molecule has 0 aromatic carbocycles. The summed E-state index contributed by atoms with van der Waals surface area (Å²) in [4.78, 5) is 12.0. The van der Waals surface area contributed by atoms with Gasteiger partial charge >= 0.3 is 5.97 Å². The van der Waals surface area contributed by atoms with Crippen molar-refractivity contribution < 1.29 is 9.53 Å². The molecule has 0 amide bonds. The van der Waals surface area contributed by atoms with E-state index in [0.29, 0.717) is 12.4 Å². The molecule has 0 aliphatic carbocycles. The van der Waals surface area contributed by atoms with Gasteiger partial charge in [0.2, 0.25) is 0 Å². The van der Waals surface area contributed by atoms with Gasteiger partial charge in [-0.3, -0.25) is 4.79 Å². The first-order valence-corrected chi connectivity index (χ1v) is 6.05. The highest BCUT2D eigenvalue weighted by Crippen LogP contribution is 2.25. The van der Waals surface area contributed by atoms with Gasteiger partial charge in [0.25, 0.3) is 0 Å². The molecule has 0 aliphatic heterocycles. The molecule has 5 nitrogen and oxygen atoms in total. The highest BCUT2D eigenvalue weighted by atomic mass is 16.5. The Morgan fingerprint density at radius 1 is 1.41 bits per heavy atom. The Hall–Kier alpha value is -1.39. The van der Waals surface area contributed by atoms with Gasteiger partial charge in [0.05, 0.1) is 6.61 Å². The number of hydrogen-bond acceptors (Lipinski definition) is 4. The molecule has 96 valence electrons. The number of aromatic nitrogens is 3. The van der Waals surface area contributed by atoms with Gasteiger partial charge in [0.15, 0.2) is 0 Å². The lowest BCUT2D eigenvalue weighted by atomic mass is 9.95. The van der Waals surface area contributed by atoms with Gasteiger partial charge in [-0.15, -0.1) is 10.2 Å². The van der Waals surface area contributed by atoms with Crippen LogP contribution in [0.25, 0.3) is 0 Å². The van der Waals surface area contributed by atoms with Crippen molar-refractivity contribution in [3.63, 3.8) is 0 Å². The molecular formula is C12H21N3O2. The molecule has 0 N–H and O–H groups in total. The molecule has 0 saturated carbocycles. The first kappa shape index (κ1) is 13.7. The summed E-state index contributed by atoms with van der Waals surface area (Å²) < 4.78 is 7.02. The highest BCUT2D eigenvalue weighted by molar-refractivity contribution is 5.77. The van der Waals surface area contributed by atoms with E-state index in [-0.39, 0.29) is 23.8 Å². The third-order valence-corrected chi connectivity index (χ3v) is 2.64. The number of hydrogen-bond donors (Lipinski definition) is 0. The van der Waals surface area contributed by atoms with E-state index in [1.54, 1.807) is 6.33 Å². The van der Waals surface area contributed by atoms with E-state index in [2.05, 4.69) is 10.2 Å². The molecule has 1 atom stereocenters. The van der Waals surface area contributed by atoms with Crippen LogP contribution in [0.15, 0.2) is 6.33 Å². The molecule has 1 heterocycles. The largest absolute Gasteiger partial charge is 0.465 e. The van der Waals surface area contributed by atoms with Crippen LogP contribution >= 0.6 is 0 Å². The monoisotopic (exact) mass is 239 g/mol. The van der Waals surface area contributed by atoms with Crippen LogP contribution in [0, 0.1) is 5.92 Å². The Morgan fingerprint density at radius 3 is 2.53 bits per heavy atom. The molecule has 0 spiro atoms. The number of rotatable bonds is 5. The maximum Gasteiger partial charge on any atom is 0.316 e. The van der Waals surface area contributed by atoms with Crippen LogP contribution in [-0.4, -0.2) is 27.3 Å². The summed E-state index contributed by atoms with van der Waals surface area (Å²) in [6.07, 6.45) is 1.66. The molecule has 5 heteroatoms. The summed E-state index contributed by atoms with van der Waals surface area (Å²) in [5.41, 5.74) is 0. The third kappa shape index (κ3) is 3.05. The van der Waals surface area contributed by atoms with Crippen LogP contribution in [0.2, 0.25) is 0 Å². The Balaban J connectivity index is 3.05. The van der Waals surface area contributed by atoms with Crippen molar-refractivity contribution in [3.05, 3.63) is 12.2 Å². The van der Waals surface area contributed by atoms with Crippen molar-refractivity contribution in [1.82, 2.24) is 14.8 Å². The summed E-state index contributed by atoms with van der Waals surface area (Å²) >= 11 is 0. The Morgan fingerprint density at radius 2 is 2.06 bits per heavy atom. The van der Waals surface area contributed by atoms with E-state index < -0.39 is 0 Å². The average Bonchev–Trinajstić information content (AvgIpc) is 2.66. The first-order chi connectivity index (χ1) is 7.99. The van der Waals surface area contributed by atoms with Crippen molar-refractivity contribution in [2.45, 2.75) is 46.6 Å². The van der Waals surface area contributed by atoms with Crippen molar-refractivity contribution in [3.8, 4) is 0 Å². The molecule has 1 unspecified atom stereocenters. The number of esters is 1. The first-order valence-electron chi connectivity index (χ1n) is 6.05. The fraction of sp³-hybridized carbons (Fsp3) is 0.750. The summed E-state index contributed by atoms with van der Waals surface area (Å²) in [7, 11) is 0. The van der Waals surface area contributed by atoms with E-state index in [1.807, 2.05) is 39.2 Å². The number of nitrogens with zero attached hydrogens (tertiary/aromatic N) is 3. The van der Waals surface area contributed by atoms with Gasteiger partial charge in [0.1, 0.15) is 18.1 Å². The van der Waals surface area contributed by atoms with E-state index in [1.165, 1.54) is 0 Å². The Kier molecular flexibility index (Phi) is 4.66. The quantitative estimate of drug-likeness (QED) is 0.739. The molecule has 1 aromatic heterocycles. The molecular weight excluding hydrogens is 218 g/mol. The van der Waals surface area contributed by atoms with E-state index in [4.69, 9.17) is 4.74 Å². The van der Waals surface area contributed by atoms with Crippen molar-refractivity contribution in [2.24, 2.45) is 5.92 Å². The van der Waals surface area contributed by atoms with E-state index in [0.717, 1.165) is 0 Å². The zero-order chi connectivity index (χ0) is 13.0. The lowest BCUT2D eigenvalue weighted by molar-refractivity contribution is -0.146. The van der Waals surface area contributed by atoms with Crippen molar-refractivity contribution in [2.75, 3.05) is 6.61 Å². The van der Waals surface area contributed by atoms with Crippen LogP contribution in [0.1, 0.15) is 52.4 Å². The minimum Gasteiger partial charge on any atom is -0.465 e. The second kappa shape index (κ2) is 5.80. The van der Waals surface area contributed by atoms with Gasteiger partial charge in [-0.25, -0.2) is 0 Å². The zero-order valence-electron chi connectivity index (χ0n) is 11.2. The minimum absolute atomic E-state index is 0.135. The van der Waals surface area contributed by atoms with E-state index in [9.17, 15) is 4.79 Å². The summed E-state index contributed by atoms with van der Waals surface area (Å²) in [5.74, 6) is 0.251. The number of carbonyl (C=O) groups is 1. The molecule has 1 aromatic rings. The maximum absolute atomic E-state index is 12.0. The lowest BCUT2D eigenvalue weighted by Gasteiger charge is -2.20. The molecule has 17 heavy (non-hydrogen) atoms. The second-order valence-corrected chi connectivity index (χ2v) is 4.66. The lowest BCUT2D eigenvalue weighted by Crippen LogP contribution is -2.25. The Bertz CT molecular complexity index is 372. The van der Waals surface area contributed by atoms with E-state index >= 15 is 0 Å². The zero-order valence-corrected chi connectivity index (χ0v) is 11.2. The molecule has 0 fully saturated rings. The van der Waals surface area contributed by atoms with Gasteiger partial charge in [-0.1, -0.05) is 13.8 Å². The standard InChI is InChI=1S/C12H21N3O2/c1-6-17-12(16)10(8(2)3)11-14-13-7-15(11)9(4)5/h7-10H,6H2,1-5H3. The fourth-order valence-electron chi connectivity index (χ4n) is 1.78. The topological polar surface area (TPSA) is 57.0 Å². The minimum atomic E-state index is -0.347. The number of carbonyl (C=O) groups excluding carboxylic acids is 1. The molecule has 0 bridgehead atoms. The molecule has 1 rings (SSSR count). The molecule has 0 saturated heterocycles. The molecule has 0 radical (unpaired) electrons. The normalized spacial score (nSPS) is 13.1. The van der Waals surface area contributed by atoms with Gasteiger partial charge < -0.3 is 9.30 Å². The predicted molar refractivity (Wildman–Crippen MR) is 64.6 cm³/mol.